The van der Waals surface area contributed by atoms with Crippen LogP contribution in [0.5, 0.6) is 0 Å². The summed E-state index contributed by atoms with van der Waals surface area (Å²) in [6.45, 7) is 3.19. The lowest BCUT2D eigenvalue weighted by Gasteiger charge is -2.16. The summed E-state index contributed by atoms with van der Waals surface area (Å²) < 4.78 is 1.71. The molecule has 0 aromatic carbocycles. The minimum atomic E-state index is 0.214. The van der Waals surface area contributed by atoms with Crippen molar-refractivity contribution in [3.05, 3.63) is 18.7 Å². The van der Waals surface area contributed by atoms with Crippen LogP contribution in [0.3, 0.4) is 0 Å². The van der Waals surface area contributed by atoms with E-state index in [-0.39, 0.29) is 5.95 Å². The van der Waals surface area contributed by atoms with Crippen molar-refractivity contribution in [2.24, 2.45) is 11.8 Å². The summed E-state index contributed by atoms with van der Waals surface area (Å²) in [7, 11) is 0. The molecule has 20 heavy (non-hydrogen) atoms. The van der Waals surface area contributed by atoms with Crippen molar-refractivity contribution >= 4 is 11.9 Å². The van der Waals surface area contributed by atoms with Crippen LogP contribution in [0.4, 0.5) is 11.9 Å². The monoisotopic (exact) mass is 273 g/mol. The molecular formula is C13H19N7. The van der Waals surface area contributed by atoms with Gasteiger partial charge in [0.1, 0.15) is 6.33 Å². The van der Waals surface area contributed by atoms with Gasteiger partial charge in [0.15, 0.2) is 0 Å². The molecule has 2 heterocycles. The zero-order chi connectivity index (χ0) is 13.9. The van der Waals surface area contributed by atoms with Crippen LogP contribution < -0.4 is 11.1 Å². The highest BCUT2D eigenvalue weighted by atomic mass is 15.3. The topological polar surface area (TPSA) is 94.5 Å². The number of imidazole rings is 1. The van der Waals surface area contributed by atoms with Crippen molar-refractivity contribution in [1.82, 2.24) is 24.5 Å². The fourth-order valence-corrected chi connectivity index (χ4v) is 2.70. The van der Waals surface area contributed by atoms with Crippen LogP contribution in [0.2, 0.25) is 0 Å². The standard InChI is InChI=1S/C13H19N7/c1-9-3-2-4-10(9)7-16-12-17-11(14)18-13(19-12)20-6-5-15-8-20/h5-6,8-10H,2-4,7H2,1H3,(H3,14,16,17,18,19). The van der Waals surface area contributed by atoms with Crippen molar-refractivity contribution in [2.45, 2.75) is 26.2 Å². The van der Waals surface area contributed by atoms with E-state index >= 15 is 0 Å². The summed E-state index contributed by atoms with van der Waals surface area (Å²) in [4.78, 5) is 16.6. The summed E-state index contributed by atoms with van der Waals surface area (Å²) >= 11 is 0. The normalized spacial score (nSPS) is 22.1. The SMILES string of the molecule is CC1CCCC1CNc1nc(N)nc(-n2ccnc2)n1. The summed E-state index contributed by atoms with van der Waals surface area (Å²) in [6, 6.07) is 0. The second-order valence-corrected chi connectivity index (χ2v) is 5.34. The van der Waals surface area contributed by atoms with Gasteiger partial charge in [0.05, 0.1) is 0 Å². The van der Waals surface area contributed by atoms with Crippen LogP contribution in [-0.4, -0.2) is 31.0 Å². The second kappa shape index (κ2) is 5.44. The number of rotatable bonds is 4. The molecule has 106 valence electrons. The van der Waals surface area contributed by atoms with Crippen LogP contribution in [0.15, 0.2) is 18.7 Å². The van der Waals surface area contributed by atoms with Crippen molar-refractivity contribution < 1.29 is 0 Å². The molecule has 1 aliphatic carbocycles. The lowest BCUT2D eigenvalue weighted by atomic mass is 9.98. The fraction of sp³-hybridized carbons (Fsp3) is 0.538. The Hall–Kier alpha value is -2.18. The molecule has 2 aromatic rings. The van der Waals surface area contributed by atoms with E-state index in [4.69, 9.17) is 5.73 Å². The highest BCUT2D eigenvalue weighted by Gasteiger charge is 2.23. The first-order chi connectivity index (χ1) is 9.72. The minimum Gasteiger partial charge on any atom is -0.368 e. The summed E-state index contributed by atoms with van der Waals surface area (Å²) in [5.74, 6) is 2.67. The maximum atomic E-state index is 5.74. The number of nitrogen functional groups attached to an aromatic ring is 1. The quantitative estimate of drug-likeness (QED) is 0.876. The average Bonchev–Trinajstić information content (AvgIpc) is 3.07. The molecule has 0 bridgehead atoms. The van der Waals surface area contributed by atoms with Gasteiger partial charge in [-0.2, -0.15) is 15.0 Å². The third-order valence-corrected chi connectivity index (χ3v) is 3.94. The van der Waals surface area contributed by atoms with Gasteiger partial charge in [0.25, 0.3) is 0 Å². The molecule has 2 unspecified atom stereocenters. The van der Waals surface area contributed by atoms with Crippen LogP contribution in [0, 0.1) is 11.8 Å². The molecule has 1 saturated carbocycles. The number of hydrogen-bond acceptors (Lipinski definition) is 6. The third kappa shape index (κ3) is 2.71. The minimum absolute atomic E-state index is 0.214. The Morgan fingerprint density at radius 2 is 2.25 bits per heavy atom. The predicted molar refractivity (Wildman–Crippen MR) is 76.4 cm³/mol. The molecule has 7 nitrogen and oxygen atoms in total. The van der Waals surface area contributed by atoms with E-state index in [1.165, 1.54) is 19.3 Å². The first-order valence-corrected chi connectivity index (χ1v) is 6.96. The molecule has 0 radical (unpaired) electrons. The molecule has 2 atom stereocenters. The van der Waals surface area contributed by atoms with Crippen molar-refractivity contribution in [1.29, 1.82) is 0 Å². The number of nitrogens with two attached hydrogens (primary N) is 1. The van der Waals surface area contributed by atoms with Crippen molar-refractivity contribution in [3.63, 3.8) is 0 Å². The van der Waals surface area contributed by atoms with Gasteiger partial charge in [0, 0.05) is 18.9 Å². The zero-order valence-electron chi connectivity index (χ0n) is 11.5. The van der Waals surface area contributed by atoms with Crippen LogP contribution in [-0.2, 0) is 0 Å². The van der Waals surface area contributed by atoms with E-state index in [0.717, 1.165) is 12.5 Å². The van der Waals surface area contributed by atoms with Gasteiger partial charge in [-0.3, -0.25) is 4.57 Å². The van der Waals surface area contributed by atoms with Gasteiger partial charge in [-0.15, -0.1) is 0 Å². The number of hydrogen-bond donors (Lipinski definition) is 2. The van der Waals surface area contributed by atoms with Gasteiger partial charge in [0.2, 0.25) is 17.8 Å². The Labute approximate surface area is 117 Å². The molecule has 2 aromatic heterocycles. The summed E-state index contributed by atoms with van der Waals surface area (Å²) in [5.41, 5.74) is 5.74. The van der Waals surface area contributed by atoms with E-state index in [1.54, 1.807) is 23.3 Å². The molecule has 0 aliphatic heterocycles. The molecule has 0 spiro atoms. The van der Waals surface area contributed by atoms with E-state index in [9.17, 15) is 0 Å². The highest BCUT2D eigenvalue weighted by molar-refractivity contribution is 5.35. The maximum Gasteiger partial charge on any atom is 0.241 e. The van der Waals surface area contributed by atoms with Gasteiger partial charge < -0.3 is 11.1 Å². The third-order valence-electron chi connectivity index (χ3n) is 3.94. The van der Waals surface area contributed by atoms with E-state index < -0.39 is 0 Å². The summed E-state index contributed by atoms with van der Waals surface area (Å²) in [6.07, 6.45) is 8.98. The van der Waals surface area contributed by atoms with Crippen LogP contribution in [0.1, 0.15) is 26.2 Å². The Balaban J connectivity index is 1.73. The van der Waals surface area contributed by atoms with Crippen LogP contribution in [0.25, 0.3) is 5.95 Å². The number of nitrogens with zero attached hydrogens (tertiary/aromatic N) is 5. The van der Waals surface area contributed by atoms with Crippen molar-refractivity contribution in [3.8, 4) is 5.95 Å². The molecule has 3 N–H and O–H groups in total. The molecule has 3 rings (SSSR count). The first kappa shape index (κ1) is 12.8. The van der Waals surface area contributed by atoms with E-state index in [1.807, 2.05) is 0 Å². The largest absolute Gasteiger partial charge is 0.368 e. The Kier molecular flexibility index (Phi) is 3.49. The van der Waals surface area contributed by atoms with Crippen LogP contribution >= 0.6 is 0 Å². The zero-order valence-corrected chi connectivity index (χ0v) is 11.5. The maximum absolute atomic E-state index is 5.74. The number of aromatic nitrogens is 5. The predicted octanol–water partition coefficient (Wildman–Crippen LogP) is 1.49. The average molecular weight is 273 g/mol. The highest BCUT2D eigenvalue weighted by Crippen LogP contribution is 2.30. The van der Waals surface area contributed by atoms with Gasteiger partial charge in [-0.25, -0.2) is 4.98 Å². The first-order valence-electron chi connectivity index (χ1n) is 6.96. The molecule has 0 saturated heterocycles. The fourth-order valence-electron chi connectivity index (χ4n) is 2.70. The van der Waals surface area contributed by atoms with E-state index in [0.29, 0.717) is 17.8 Å². The molecule has 0 amide bonds. The van der Waals surface area contributed by atoms with Gasteiger partial charge in [-0.05, 0) is 18.3 Å². The Morgan fingerprint density at radius 1 is 1.35 bits per heavy atom. The Bertz CT molecular complexity index is 566. The van der Waals surface area contributed by atoms with Gasteiger partial charge >= 0.3 is 0 Å². The molecular weight excluding hydrogens is 254 g/mol. The lowest BCUT2D eigenvalue weighted by Crippen LogP contribution is -2.19. The number of nitrogens with one attached hydrogen (secondary N) is 1. The summed E-state index contributed by atoms with van der Waals surface area (Å²) in [5, 5.41) is 3.28. The van der Waals surface area contributed by atoms with Gasteiger partial charge in [-0.1, -0.05) is 19.8 Å². The molecule has 1 aliphatic rings. The van der Waals surface area contributed by atoms with Crippen molar-refractivity contribution in [2.75, 3.05) is 17.6 Å². The lowest BCUT2D eigenvalue weighted by molar-refractivity contribution is 0.439. The second-order valence-electron chi connectivity index (χ2n) is 5.34. The number of anilines is 2. The molecule has 1 fully saturated rings. The molecule has 7 heteroatoms. The van der Waals surface area contributed by atoms with E-state index in [2.05, 4.69) is 32.2 Å². The Morgan fingerprint density at radius 3 is 2.95 bits per heavy atom. The smallest absolute Gasteiger partial charge is 0.241 e.